The minimum Gasteiger partial charge on any atom is -0.352 e. The fraction of sp³-hybridized carbons (Fsp3) is 0.278. The summed E-state index contributed by atoms with van der Waals surface area (Å²) in [6, 6.07) is 9.52. The van der Waals surface area contributed by atoms with Crippen molar-refractivity contribution in [3.8, 4) is 0 Å². The van der Waals surface area contributed by atoms with Crippen molar-refractivity contribution in [3.05, 3.63) is 59.4 Å². The van der Waals surface area contributed by atoms with Gasteiger partial charge >= 0.3 is 0 Å². The van der Waals surface area contributed by atoms with E-state index >= 15 is 0 Å². The minimum absolute atomic E-state index is 0.0430. The van der Waals surface area contributed by atoms with E-state index < -0.39 is 15.8 Å². The zero-order chi connectivity index (χ0) is 18.2. The quantitative estimate of drug-likeness (QED) is 0.909. The van der Waals surface area contributed by atoms with Crippen LogP contribution in [-0.2, 0) is 16.4 Å². The highest BCUT2D eigenvalue weighted by Crippen LogP contribution is 2.37. The van der Waals surface area contributed by atoms with Gasteiger partial charge in [0.25, 0.3) is 15.9 Å². The molecule has 0 bridgehead atoms. The van der Waals surface area contributed by atoms with Gasteiger partial charge in [0.05, 0.1) is 10.6 Å². The molecule has 0 fully saturated rings. The molecule has 2 aromatic carbocycles. The van der Waals surface area contributed by atoms with E-state index in [-0.39, 0.29) is 16.8 Å². The van der Waals surface area contributed by atoms with Gasteiger partial charge in [-0.1, -0.05) is 0 Å². The summed E-state index contributed by atoms with van der Waals surface area (Å²) in [4.78, 5) is 12.0. The monoisotopic (exact) mass is 362 g/mol. The Hall–Kier alpha value is -2.41. The molecule has 0 unspecified atom stereocenters. The maximum Gasteiger partial charge on any atom is 0.264 e. The lowest BCUT2D eigenvalue weighted by Crippen LogP contribution is -2.35. The van der Waals surface area contributed by atoms with Crippen LogP contribution in [0.2, 0.25) is 0 Å². The van der Waals surface area contributed by atoms with E-state index in [9.17, 15) is 17.6 Å². The largest absolute Gasteiger partial charge is 0.352 e. The molecule has 0 saturated carbocycles. The number of sulfonamides is 1. The molecule has 5 nitrogen and oxygen atoms in total. The standard InChI is InChI=1S/C18H19FN2O3S/c1-3-20-18(22)13-4-9-17-14(11-13)10-12(2)21(17)25(23,24)16-7-5-15(19)6-8-16/h4-9,11-12H,3,10H2,1-2H3,(H,20,22)/t12-/m0/s1. The second-order valence-electron chi connectivity index (χ2n) is 6.01. The number of carbonyl (C=O) groups excluding carboxylic acids is 1. The van der Waals surface area contributed by atoms with Crippen molar-refractivity contribution in [1.82, 2.24) is 5.32 Å². The van der Waals surface area contributed by atoms with Crippen molar-refractivity contribution in [2.45, 2.75) is 31.2 Å². The third-order valence-electron chi connectivity index (χ3n) is 4.20. The molecular formula is C18H19FN2O3S. The summed E-state index contributed by atoms with van der Waals surface area (Å²) in [5.74, 6) is -0.668. The van der Waals surface area contributed by atoms with Crippen molar-refractivity contribution in [1.29, 1.82) is 0 Å². The number of amides is 1. The predicted molar refractivity (Wildman–Crippen MR) is 93.7 cm³/mol. The summed E-state index contributed by atoms with van der Waals surface area (Å²) in [6.45, 7) is 4.18. The lowest BCUT2D eigenvalue weighted by molar-refractivity contribution is 0.0955. The zero-order valence-corrected chi connectivity index (χ0v) is 14.8. The van der Waals surface area contributed by atoms with Crippen molar-refractivity contribution in [3.63, 3.8) is 0 Å². The zero-order valence-electron chi connectivity index (χ0n) is 14.0. The predicted octanol–water partition coefficient (Wildman–Crippen LogP) is 2.72. The smallest absolute Gasteiger partial charge is 0.264 e. The van der Waals surface area contributed by atoms with Crippen LogP contribution in [0.3, 0.4) is 0 Å². The highest BCUT2D eigenvalue weighted by atomic mass is 32.2. The minimum atomic E-state index is -3.80. The Morgan fingerprint density at radius 3 is 2.56 bits per heavy atom. The van der Waals surface area contributed by atoms with Gasteiger partial charge in [-0.25, -0.2) is 12.8 Å². The van der Waals surface area contributed by atoms with E-state index in [1.165, 1.54) is 16.4 Å². The summed E-state index contributed by atoms with van der Waals surface area (Å²) in [5.41, 5.74) is 1.88. The molecule has 132 valence electrons. The Balaban J connectivity index is 2.00. The lowest BCUT2D eigenvalue weighted by atomic mass is 10.1. The normalized spacial score (nSPS) is 16.6. The first kappa shape index (κ1) is 17.4. The molecule has 25 heavy (non-hydrogen) atoms. The Morgan fingerprint density at radius 2 is 1.92 bits per heavy atom. The van der Waals surface area contributed by atoms with Gasteiger partial charge in [-0.3, -0.25) is 9.10 Å². The van der Waals surface area contributed by atoms with Gasteiger partial charge in [-0.15, -0.1) is 0 Å². The SMILES string of the molecule is CCNC(=O)c1ccc2c(c1)C[C@H](C)N2S(=O)(=O)c1ccc(F)cc1. The molecule has 1 amide bonds. The van der Waals surface area contributed by atoms with Gasteiger partial charge in [0.2, 0.25) is 0 Å². The number of carbonyl (C=O) groups is 1. The lowest BCUT2D eigenvalue weighted by Gasteiger charge is -2.24. The molecule has 1 heterocycles. The number of hydrogen-bond donors (Lipinski definition) is 1. The fourth-order valence-corrected chi connectivity index (χ4v) is 4.79. The Bertz CT molecular complexity index is 910. The third-order valence-corrected chi connectivity index (χ3v) is 6.14. The van der Waals surface area contributed by atoms with E-state index in [1.54, 1.807) is 18.2 Å². The molecule has 0 saturated heterocycles. The number of rotatable bonds is 4. The van der Waals surface area contributed by atoms with Gasteiger partial charge in [0, 0.05) is 18.2 Å². The summed E-state index contributed by atoms with van der Waals surface area (Å²) in [6.07, 6.45) is 0.517. The molecule has 1 N–H and O–H groups in total. The van der Waals surface area contributed by atoms with Crippen LogP contribution in [0.15, 0.2) is 47.4 Å². The molecule has 0 radical (unpaired) electrons. The average Bonchev–Trinajstić information content (AvgIpc) is 2.91. The van der Waals surface area contributed by atoms with Gasteiger partial charge in [-0.2, -0.15) is 0 Å². The van der Waals surface area contributed by atoms with Crippen molar-refractivity contribution in [2.24, 2.45) is 0 Å². The maximum absolute atomic E-state index is 13.1. The topological polar surface area (TPSA) is 66.5 Å². The number of nitrogens with one attached hydrogen (secondary N) is 1. The van der Waals surface area contributed by atoms with Gasteiger partial charge in [-0.05, 0) is 68.3 Å². The van der Waals surface area contributed by atoms with Crippen LogP contribution in [0.25, 0.3) is 0 Å². The van der Waals surface area contributed by atoms with Crippen LogP contribution in [0.4, 0.5) is 10.1 Å². The molecule has 0 spiro atoms. The molecule has 0 aromatic heterocycles. The number of benzene rings is 2. The highest BCUT2D eigenvalue weighted by molar-refractivity contribution is 7.92. The van der Waals surface area contributed by atoms with Crippen molar-refractivity contribution >= 4 is 21.6 Å². The summed E-state index contributed by atoms with van der Waals surface area (Å²) in [5, 5.41) is 2.73. The van der Waals surface area contributed by atoms with Crippen molar-refractivity contribution in [2.75, 3.05) is 10.8 Å². The average molecular weight is 362 g/mol. The number of halogens is 1. The molecule has 3 rings (SSSR count). The van der Waals surface area contributed by atoms with Gasteiger partial charge < -0.3 is 5.32 Å². The van der Waals surface area contributed by atoms with E-state index in [0.29, 0.717) is 24.2 Å². The Labute approximate surface area is 146 Å². The summed E-state index contributed by atoms with van der Waals surface area (Å²) in [7, 11) is -3.80. The highest BCUT2D eigenvalue weighted by Gasteiger charge is 2.36. The van der Waals surface area contributed by atoms with Crippen LogP contribution >= 0.6 is 0 Å². The molecule has 7 heteroatoms. The number of nitrogens with zero attached hydrogens (tertiary/aromatic N) is 1. The molecule has 0 aliphatic carbocycles. The fourth-order valence-electron chi connectivity index (χ4n) is 3.09. The van der Waals surface area contributed by atoms with Crippen LogP contribution in [0, 0.1) is 5.82 Å². The first-order valence-corrected chi connectivity index (χ1v) is 9.49. The van der Waals surface area contributed by atoms with Crippen LogP contribution in [-0.4, -0.2) is 26.9 Å². The second kappa shape index (κ2) is 6.48. The van der Waals surface area contributed by atoms with Crippen LogP contribution < -0.4 is 9.62 Å². The molecule has 1 atom stereocenters. The number of fused-ring (bicyclic) bond motifs is 1. The van der Waals surface area contributed by atoms with E-state index in [4.69, 9.17) is 0 Å². The van der Waals surface area contributed by atoms with E-state index in [0.717, 1.165) is 17.7 Å². The van der Waals surface area contributed by atoms with Crippen molar-refractivity contribution < 1.29 is 17.6 Å². The van der Waals surface area contributed by atoms with E-state index in [1.807, 2.05) is 13.8 Å². The second-order valence-corrected chi connectivity index (χ2v) is 7.83. The number of anilines is 1. The molecular weight excluding hydrogens is 343 g/mol. The number of hydrogen-bond acceptors (Lipinski definition) is 3. The summed E-state index contributed by atoms with van der Waals surface area (Å²) < 4.78 is 40.4. The van der Waals surface area contributed by atoms with Gasteiger partial charge in [0.15, 0.2) is 0 Å². The first-order chi connectivity index (χ1) is 11.8. The molecule has 1 aliphatic rings. The van der Waals surface area contributed by atoms with Crippen LogP contribution in [0.1, 0.15) is 29.8 Å². The summed E-state index contributed by atoms with van der Waals surface area (Å²) >= 11 is 0. The maximum atomic E-state index is 13.1. The Morgan fingerprint density at radius 1 is 1.24 bits per heavy atom. The van der Waals surface area contributed by atoms with E-state index in [2.05, 4.69) is 5.32 Å². The van der Waals surface area contributed by atoms with Crippen LogP contribution in [0.5, 0.6) is 0 Å². The third kappa shape index (κ3) is 3.11. The molecule has 1 aliphatic heterocycles. The van der Waals surface area contributed by atoms with Gasteiger partial charge in [0.1, 0.15) is 5.82 Å². The first-order valence-electron chi connectivity index (χ1n) is 8.05. The molecule has 2 aromatic rings. The Kier molecular flexibility index (Phi) is 4.51.